The van der Waals surface area contributed by atoms with E-state index in [1.807, 2.05) is 0 Å². The first kappa shape index (κ1) is 25.9. The van der Waals surface area contributed by atoms with Crippen molar-refractivity contribution in [1.29, 1.82) is 0 Å². The minimum atomic E-state index is 0.463. The van der Waals surface area contributed by atoms with Crippen LogP contribution in [0.1, 0.15) is 101 Å². The summed E-state index contributed by atoms with van der Waals surface area (Å²) in [6, 6.07) is 0. The van der Waals surface area contributed by atoms with Crippen LogP contribution in [0.5, 0.6) is 0 Å². The van der Waals surface area contributed by atoms with Gasteiger partial charge in [-0.2, -0.15) is 0 Å². The molecule has 0 bridgehead atoms. The summed E-state index contributed by atoms with van der Waals surface area (Å²) in [6.45, 7) is 23.4. The van der Waals surface area contributed by atoms with E-state index < -0.39 is 0 Å². The molecule has 132 valence electrons. The molecule has 0 radical (unpaired) electrons. The van der Waals surface area contributed by atoms with Crippen LogP contribution in [-0.2, 0) is 0 Å². The average molecular weight is 303 g/mol. The van der Waals surface area contributed by atoms with Gasteiger partial charge in [0, 0.05) is 7.11 Å². The fourth-order valence-corrected chi connectivity index (χ4v) is 3.09. The summed E-state index contributed by atoms with van der Waals surface area (Å²) < 4.78 is 0. The van der Waals surface area contributed by atoms with Crippen LogP contribution in [0.3, 0.4) is 0 Å². The van der Waals surface area contributed by atoms with Crippen LogP contribution in [-0.4, -0.2) is 12.2 Å². The van der Waals surface area contributed by atoms with E-state index in [4.69, 9.17) is 5.11 Å². The van der Waals surface area contributed by atoms with Gasteiger partial charge in [0.15, 0.2) is 0 Å². The molecule has 0 heterocycles. The minimum Gasteiger partial charge on any atom is -0.400 e. The Morgan fingerprint density at radius 1 is 0.810 bits per heavy atom. The minimum absolute atomic E-state index is 0.463. The number of hydrogen-bond acceptors (Lipinski definition) is 1. The Balaban J connectivity index is -0.000000569. The molecule has 0 aliphatic heterocycles. The van der Waals surface area contributed by atoms with Crippen LogP contribution < -0.4 is 0 Å². The van der Waals surface area contributed by atoms with Gasteiger partial charge in [-0.15, -0.1) is 0 Å². The predicted octanol–water partition coefficient (Wildman–Crippen LogP) is 6.94. The van der Waals surface area contributed by atoms with Gasteiger partial charge in [-0.1, -0.05) is 94.9 Å². The highest BCUT2D eigenvalue weighted by Gasteiger charge is 2.37. The molecule has 0 saturated carbocycles. The molecule has 3 atom stereocenters. The zero-order chi connectivity index (χ0) is 17.7. The van der Waals surface area contributed by atoms with Gasteiger partial charge < -0.3 is 5.11 Å². The Morgan fingerprint density at radius 2 is 1.19 bits per heavy atom. The van der Waals surface area contributed by atoms with Gasteiger partial charge in [0.2, 0.25) is 0 Å². The molecular weight excluding hydrogens is 256 g/mol. The van der Waals surface area contributed by atoms with Gasteiger partial charge in [-0.25, -0.2) is 0 Å². The summed E-state index contributed by atoms with van der Waals surface area (Å²) in [4.78, 5) is 0. The van der Waals surface area contributed by atoms with E-state index in [1.54, 1.807) is 0 Å². The molecule has 1 N–H and O–H groups in total. The van der Waals surface area contributed by atoms with Crippen molar-refractivity contribution in [3.63, 3.8) is 0 Å². The van der Waals surface area contributed by atoms with Crippen LogP contribution >= 0.6 is 0 Å². The van der Waals surface area contributed by atoms with E-state index in [0.29, 0.717) is 10.8 Å². The lowest BCUT2D eigenvalue weighted by Gasteiger charge is -2.44. The Kier molecular flexibility index (Phi) is 16.8. The first-order valence-corrected chi connectivity index (χ1v) is 9.07. The Labute approximate surface area is 136 Å². The fraction of sp³-hybridized carbons (Fsp3) is 1.00. The van der Waals surface area contributed by atoms with Crippen molar-refractivity contribution in [3.8, 4) is 0 Å². The maximum Gasteiger partial charge on any atom is 0.0319 e. The average Bonchev–Trinajstić information content (AvgIpc) is 2.45. The Hall–Kier alpha value is -0.0400. The van der Waals surface area contributed by atoms with Crippen molar-refractivity contribution in [2.24, 2.45) is 22.7 Å². The Morgan fingerprint density at radius 3 is 1.38 bits per heavy atom. The van der Waals surface area contributed by atoms with Gasteiger partial charge in [0.1, 0.15) is 0 Å². The number of aliphatic hydroxyl groups excluding tert-OH is 1. The van der Waals surface area contributed by atoms with Crippen LogP contribution in [0.2, 0.25) is 0 Å². The van der Waals surface area contributed by atoms with Crippen LogP contribution in [0, 0.1) is 22.7 Å². The fourth-order valence-electron chi connectivity index (χ4n) is 3.09. The topological polar surface area (TPSA) is 20.2 Å². The van der Waals surface area contributed by atoms with Gasteiger partial charge in [0.05, 0.1) is 0 Å². The van der Waals surface area contributed by atoms with Crippen molar-refractivity contribution in [3.05, 3.63) is 0 Å². The second kappa shape index (κ2) is 13.6. The second-order valence-electron chi connectivity index (χ2n) is 7.75. The summed E-state index contributed by atoms with van der Waals surface area (Å²) in [5, 5.41) is 7.00. The smallest absolute Gasteiger partial charge is 0.0319 e. The largest absolute Gasteiger partial charge is 0.400 e. The van der Waals surface area contributed by atoms with Gasteiger partial charge in [0.25, 0.3) is 0 Å². The van der Waals surface area contributed by atoms with E-state index in [9.17, 15) is 0 Å². The second-order valence-corrected chi connectivity index (χ2v) is 7.75. The molecule has 1 nitrogen and oxygen atoms in total. The molecule has 0 amide bonds. The molecule has 0 aliphatic carbocycles. The zero-order valence-corrected chi connectivity index (χ0v) is 17.1. The third-order valence-corrected chi connectivity index (χ3v) is 4.78. The first-order chi connectivity index (χ1) is 9.62. The summed E-state index contributed by atoms with van der Waals surface area (Å²) in [6.07, 6.45) is 6.56. The number of hydrogen-bond donors (Lipinski definition) is 1. The standard InChI is InChI=1S/C16H34.C3H8.CH4O/c1-9-13(4)16(8,11-3)14(10-2)12-15(5,6)7;1-3-2;1-2/h13-14H,9-12H2,1-8H3;3H2,1-2H3;2H,1H3. The van der Waals surface area contributed by atoms with Crippen LogP contribution in [0.4, 0.5) is 0 Å². The van der Waals surface area contributed by atoms with Crippen molar-refractivity contribution < 1.29 is 5.11 Å². The number of aliphatic hydroxyl groups is 1. The van der Waals surface area contributed by atoms with Crippen LogP contribution in [0.25, 0.3) is 0 Å². The predicted molar refractivity (Wildman–Crippen MR) is 99.8 cm³/mol. The molecule has 0 spiro atoms. The molecule has 21 heavy (non-hydrogen) atoms. The molecular formula is C20H46O. The molecule has 1 heteroatoms. The molecule has 0 aromatic heterocycles. The molecule has 3 unspecified atom stereocenters. The van der Waals surface area contributed by atoms with Gasteiger partial charge in [-0.05, 0) is 29.1 Å². The molecule has 0 saturated heterocycles. The van der Waals surface area contributed by atoms with E-state index in [2.05, 4.69) is 69.2 Å². The molecule has 0 aromatic rings. The maximum absolute atomic E-state index is 7.00. The third kappa shape index (κ3) is 11.2. The van der Waals surface area contributed by atoms with E-state index in [1.165, 1.54) is 32.1 Å². The number of rotatable bonds is 6. The van der Waals surface area contributed by atoms with Crippen molar-refractivity contribution in [2.75, 3.05) is 7.11 Å². The quantitative estimate of drug-likeness (QED) is 0.563. The summed E-state index contributed by atoms with van der Waals surface area (Å²) >= 11 is 0. The van der Waals surface area contributed by atoms with Crippen molar-refractivity contribution in [1.82, 2.24) is 0 Å². The van der Waals surface area contributed by atoms with E-state index >= 15 is 0 Å². The highest BCUT2D eigenvalue weighted by molar-refractivity contribution is 4.87. The molecule has 0 rings (SSSR count). The molecule has 0 fully saturated rings. The lowest BCUT2D eigenvalue weighted by Crippen LogP contribution is -2.35. The Bertz CT molecular complexity index is 204. The highest BCUT2D eigenvalue weighted by Crippen LogP contribution is 2.46. The monoisotopic (exact) mass is 302 g/mol. The summed E-state index contributed by atoms with van der Waals surface area (Å²) in [5.74, 6) is 1.71. The highest BCUT2D eigenvalue weighted by atomic mass is 16.2. The third-order valence-electron chi connectivity index (χ3n) is 4.78. The van der Waals surface area contributed by atoms with E-state index in [0.717, 1.165) is 18.9 Å². The summed E-state index contributed by atoms with van der Waals surface area (Å²) in [7, 11) is 1.00. The van der Waals surface area contributed by atoms with Crippen molar-refractivity contribution >= 4 is 0 Å². The lowest BCUT2D eigenvalue weighted by molar-refractivity contribution is 0.0582. The summed E-state index contributed by atoms with van der Waals surface area (Å²) in [5.41, 5.74) is 0.987. The lowest BCUT2D eigenvalue weighted by atomic mass is 9.61. The SMILES string of the molecule is CCC.CCC(C)C(C)(CC)C(CC)CC(C)(C)C.CO. The van der Waals surface area contributed by atoms with Crippen molar-refractivity contribution in [2.45, 2.75) is 101 Å². The molecule has 0 aliphatic rings. The normalized spacial score (nSPS) is 16.6. The maximum atomic E-state index is 7.00. The van der Waals surface area contributed by atoms with E-state index in [-0.39, 0.29) is 0 Å². The molecule has 0 aromatic carbocycles. The zero-order valence-electron chi connectivity index (χ0n) is 17.1. The first-order valence-electron chi connectivity index (χ1n) is 9.07. The van der Waals surface area contributed by atoms with Crippen LogP contribution in [0.15, 0.2) is 0 Å². The van der Waals surface area contributed by atoms with Gasteiger partial charge in [-0.3, -0.25) is 0 Å². The van der Waals surface area contributed by atoms with Gasteiger partial charge >= 0.3 is 0 Å².